The van der Waals surface area contributed by atoms with E-state index in [0.717, 1.165) is 12.8 Å². The number of nitriles is 1. The van der Waals surface area contributed by atoms with Gasteiger partial charge in [-0.3, -0.25) is 4.79 Å². The Morgan fingerprint density at radius 1 is 1.70 bits per heavy atom. The predicted molar refractivity (Wildman–Crippen MR) is 36.0 cm³/mol. The molecule has 0 heterocycles. The van der Waals surface area contributed by atoms with Crippen LogP contribution in [0.4, 0.5) is 0 Å². The lowest BCUT2D eigenvalue weighted by Crippen LogP contribution is -2.40. The Bertz CT molecular complexity index is 179. The van der Waals surface area contributed by atoms with Gasteiger partial charge in [0.1, 0.15) is 0 Å². The molecule has 0 unspecified atom stereocenters. The summed E-state index contributed by atoms with van der Waals surface area (Å²) < 4.78 is 0. The molecule has 10 heavy (non-hydrogen) atoms. The zero-order chi connectivity index (χ0) is 7.56. The van der Waals surface area contributed by atoms with E-state index in [1.165, 1.54) is 11.3 Å². The number of carbonyl (C=O) groups is 1. The maximum atomic E-state index is 10.7. The van der Waals surface area contributed by atoms with Gasteiger partial charge in [0.15, 0.2) is 6.07 Å². The maximum absolute atomic E-state index is 10.7. The smallest absolute Gasteiger partial charge is 0.324 e. The summed E-state index contributed by atoms with van der Waals surface area (Å²) in [7, 11) is 1.69. The number of carbonyl (C=O) groups excluding carboxylic acids is 1. The summed E-state index contributed by atoms with van der Waals surface area (Å²) in [5.41, 5.74) is 0. The number of amides is 1. The first-order valence-corrected chi connectivity index (χ1v) is 3.42. The molecular formula is C7H10N2O. The third-order valence-electron chi connectivity index (χ3n) is 2.04. The predicted octanol–water partition coefficient (Wildman–Crippen LogP) is 0.521. The van der Waals surface area contributed by atoms with Gasteiger partial charge in [-0.25, -0.2) is 0 Å². The maximum Gasteiger partial charge on any atom is 0.324 e. The molecule has 0 radical (unpaired) electrons. The van der Waals surface area contributed by atoms with Crippen molar-refractivity contribution in [3.05, 3.63) is 0 Å². The highest BCUT2D eigenvalue weighted by Gasteiger charge is 2.24. The van der Waals surface area contributed by atoms with Crippen LogP contribution >= 0.6 is 0 Å². The van der Waals surface area contributed by atoms with Crippen LogP contribution in [0.5, 0.6) is 0 Å². The van der Waals surface area contributed by atoms with Crippen molar-refractivity contribution in [2.75, 3.05) is 7.05 Å². The molecule has 0 aromatic carbocycles. The van der Waals surface area contributed by atoms with Crippen LogP contribution < -0.4 is 0 Å². The van der Waals surface area contributed by atoms with Gasteiger partial charge in [0.2, 0.25) is 0 Å². The van der Waals surface area contributed by atoms with E-state index in [1.807, 2.05) is 0 Å². The quantitative estimate of drug-likeness (QED) is 0.496. The fraction of sp³-hybridized carbons (Fsp3) is 0.714. The third kappa shape index (κ3) is 1.10. The Morgan fingerprint density at radius 2 is 2.30 bits per heavy atom. The van der Waals surface area contributed by atoms with E-state index >= 15 is 0 Å². The van der Waals surface area contributed by atoms with Crippen LogP contribution in [-0.4, -0.2) is 23.9 Å². The van der Waals surface area contributed by atoms with Gasteiger partial charge in [-0.05, 0) is 19.3 Å². The van der Waals surface area contributed by atoms with E-state index in [2.05, 4.69) is 0 Å². The third-order valence-corrected chi connectivity index (χ3v) is 2.04. The fourth-order valence-electron chi connectivity index (χ4n) is 1.02. The molecule has 0 aliphatic heterocycles. The summed E-state index contributed by atoms with van der Waals surface area (Å²) in [5, 5.41) is 8.23. The summed E-state index contributed by atoms with van der Waals surface area (Å²) in [5.74, 6) is -0.412. The van der Waals surface area contributed by atoms with Gasteiger partial charge in [-0.2, -0.15) is 5.26 Å². The monoisotopic (exact) mass is 138 g/mol. The van der Waals surface area contributed by atoms with Gasteiger partial charge in [-0.15, -0.1) is 0 Å². The first-order chi connectivity index (χ1) is 4.75. The van der Waals surface area contributed by atoms with Crippen LogP contribution in [0.3, 0.4) is 0 Å². The first kappa shape index (κ1) is 7.07. The lowest BCUT2D eigenvalue weighted by molar-refractivity contribution is -0.127. The van der Waals surface area contributed by atoms with E-state index < -0.39 is 5.91 Å². The minimum atomic E-state index is -0.412. The number of hydrogen-bond acceptors (Lipinski definition) is 2. The molecule has 0 aromatic rings. The molecule has 0 saturated heterocycles. The number of hydrogen-bond donors (Lipinski definition) is 0. The minimum Gasteiger partial charge on any atom is -0.330 e. The second-order valence-electron chi connectivity index (χ2n) is 2.61. The van der Waals surface area contributed by atoms with Gasteiger partial charge >= 0.3 is 5.91 Å². The number of nitrogens with zero attached hydrogens (tertiary/aromatic N) is 2. The molecular weight excluding hydrogens is 128 g/mol. The highest BCUT2D eigenvalue weighted by Crippen LogP contribution is 2.23. The molecule has 1 fully saturated rings. The van der Waals surface area contributed by atoms with Crippen LogP contribution in [0.1, 0.15) is 19.3 Å². The van der Waals surface area contributed by atoms with Crippen LogP contribution in [0.15, 0.2) is 0 Å². The van der Waals surface area contributed by atoms with Crippen molar-refractivity contribution in [3.63, 3.8) is 0 Å². The van der Waals surface area contributed by atoms with E-state index in [1.54, 1.807) is 13.1 Å². The molecule has 1 amide bonds. The van der Waals surface area contributed by atoms with Crippen molar-refractivity contribution in [1.29, 1.82) is 5.26 Å². The van der Waals surface area contributed by atoms with Crippen molar-refractivity contribution in [1.82, 2.24) is 4.90 Å². The van der Waals surface area contributed by atoms with Crippen molar-refractivity contribution in [2.24, 2.45) is 0 Å². The normalized spacial score (nSPS) is 17.2. The minimum absolute atomic E-state index is 0.340. The van der Waals surface area contributed by atoms with Gasteiger partial charge in [0.25, 0.3) is 0 Å². The van der Waals surface area contributed by atoms with E-state index in [9.17, 15) is 4.79 Å². The zero-order valence-corrected chi connectivity index (χ0v) is 6.00. The van der Waals surface area contributed by atoms with Crippen molar-refractivity contribution < 1.29 is 4.79 Å². The Balaban J connectivity index is 2.41. The second-order valence-corrected chi connectivity index (χ2v) is 2.61. The topological polar surface area (TPSA) is 44.1 Å². The van der Waals surface area contributed by atoms with E-state index in [-0.39, 0.29) is 0 Å². The Hall–Kier alpha value is -1.04. The van der Waals surface area contributed by atoms with Crippen molar-refractivity contribution in [2.45, 2.75) is 25.3 Å². The highest BCUT2D eigenvalue weighted by atomic mass is 16.2. The molecule has 1 aliphatic rings. The SMILES string of the molecule is CN(C(=O)C#N)C1CCC1. The highest BCUT2D eigenvalue weighted by molar-refractivity contribution is 5.91. The molecule has 1 saturated carbocycles. The van der Waals surface area contributed by atoms with E-state index in [4.69, 9.17) is 5.26 Å². The average Bonchev–Trinajstić information content (AvgIpc) is 1.82. The molecule has 1 rings (SSSR count). The van der Waals surface area contributed by atoms with Crippen LogP contribution in [0.2, 0.25) is 0 Å². The summed E-state index contributed by atoms with van der Waals surface area (Å²) in [6, 6.07) is 1.94. The average molecular weight is 138 g/mol. The Morgan fingerprint density at radius 3 is 2.60 bits per heavy atom. The van der Waals surface area contributed by atoms with Gasteiger partial charge in [-0.1, -0.05) is 0 Å². The van der Waals surface area contributed by atoms with Gasteiger partial charge in [0, 0.05) is 13.1 Å². The largest absolute Gasteiger partial charge is 0.330 e. The molecule has 3 heteroatoms. The molecule has 54 valence electrons. The van der Waals surface area contributed by atoms with Crippen LogP contribution in [-0.2, 0) is 4.79 Å². The molecule has 0 aromatic heterocycles. The fourth-order valence-corrected chi connectivity index (χ4v) is 1.02. The summed E-state index contributed by atoms with van der Waals surface area (Å²) >= 11 is 0. The molecule has 0 spiro atoms. The van der Waals surface area contributed by atoms with Crippen LogP contribution in [0.25, 0.3) is 0 Å². The summed E-state index contributed by atoms with van der Waals surface area (Å²) in [4.78, 5) is 12.2. The standard InChI is InChI=1S/C7H10N2O/c1-9(7(10)5-8)6-3-2-4-6/h6H,2-4H2,1H3. The lowest BCUT2D eigenvalue weighted by Gasteiger charge is -2.32. The van der Waals surface area contributed by atoms with E-state index in [0.29, 0.717) is 6.04 Å². The lowest BCUT2D eigenvalue weighted by atomic mass is 9.92. The van der Waals surface area contributed by atoms with Gasteiger partial charge in [0.05, 0.1) is 0 Å². The van der Waals surface area contributed by atoms with Gasteiger partial charge < -0.3 is 4.90 Å². The molecule has 1 aliphatic carbocycles. The first-order valence-electron chi connectivity index (χ1n) is 3.42. The molecule has 0 atom stereocenters. The van der Waals surface area contributed by atoms with Crippen molar-refractivity contribution in [3.8, 4) is 6.07 Å². The summed E-state index contributed by atoms with van der Waals surface area (Å²) in [6.07, 6.45) is 3.31. The Labute approximate surface area is 60.2 Å². The molecule has 0 N–H and O–H groups in total. The number of rotatable bonds is 1. The molecule has 0 bridgehead atoms. The Kier molecular flexibility index (Phi) is 1.91. The van der Waals surface area contributed by atoms with Crippen LogP contribution in [0, 0.1) is 11.3 Å². The second kappa shape index (κ2) is 2.70. The molecule has 3 nitrogen and oxygen atoms in total. The van der Waals surface area contributed by atoms with Crippen molar-refractivity contribution >= 4 is 5.91 Å². The zero-order valence-electron chi connectivity index (χ0n) is 6.00. The summed E-state index contributed by atoms with van der Waals surface area (Å²) in [6.45, 7) is 0.